The summed E-state index contributed by atoms with van der Waals surface area (Å²) in [7, 11) is 0. The van der Waals surface area contributed by atoms with E-state index in [1.807, 2.05) is 54.6 Å². The molecule has 33 heavy (non-hydrogen) atoms. The lowest BCUT2D eigenvalue weighted by molar-refractivity contribution is 0.0977. The normalized spacial score (nSPS) is 14.1. The lowest BCUT2D eigenvalue weighted by atomic mass is 10.1. The zero-order valence-electron chi connectivity index (χ0n) is 17.9. The van der Waals surface area contributed by atoms with Gasteiger partial charge in [-0.2, -0.15) is 0 Å². The quantitative estimate of drug-likeness (QED) is 0.336. The number of nitrogens with one attached hydrogen (secondary N) is 2. The highest BCUT2D eigenvalue weighted by molar-refractivity contribution is 14.1. The number of hydrogen-bond donors (Lipinski definition) is 2. The molecule has 0 atom stereocenters. The van der Waals surface area contributed by atoms with Crippen molar-refractivity contribution in [3.63, 3.8) is 0 Å². The van der Waals surface area contributed by atoms with Crippen molar-refractivity contribution in [2.45, 2.75) is 6.54 Å². The van der Waals surface area contributed by atoms with Crippen LogP contribution in [0.4, 0.5) is 15.8 Å². The number of nitrogens with zero attached hydrogens (tertiary/aromatic N) is 2. The summed E-state index contributed by atoms with van der Waals surface area (Å²) in [6.07, 6.45) is 0. The Kier molecular flexibility index (Phi) is 7.89. The van der Waals surface area contributed by atoms with Gasteiger partial charge in [0.25, 0.3) is 5.91 Å². The molecule has 1 aliphatic rings. The standard InChI is InChI=1S/C25H24FIN4OS/c26-22-7-3-1-5-18(22)17-30-13-15-31(16-14-30)20-11-9-19(10-12-20)28-25(33)29-24(32)21-6-2-4-8-23(21)27/h1-12H,13-17H2,(H2,28,29,32,33). The molecule has 8 heteroatoms. The Balaban J connectivity index is 1.27. The number of carbonyl (C=O) groups is 1. The number of benzene rings is 3. The number of carbonyl (C=O) groups excluding carboxylic acids is 1. The van der Waals surface area contributed by atoms with Crippen LogP contribution < -0.4 is 15.5 Å². The summed E-state index contributed by atoms with van der Waals surface area (Å²) >= 11 is 7.43. The molecule has 1 aliphatic heterocycles. The smallest absolute Gasteiger partial charge is 0.258 e. The minimum absolute atomic E-state index is 0.143. The molecular formula is C25H24FIN4OS. The van der Waals surface area contributed by atoms with E-state index in [0.717, 1.165) is 46.7 Å². The molecule has 1 heterocycles. The summed E-state index contributed by atoms with van der Waals surface area (Å²) in [6.45, 7) is 4.15. The number of thiocarbonyl (C=S) groups is 1. The summed E-state index contributed by atoms with van der Waals surface area (Å²) in [5, 5.41) is 6.05. The molecule has 170 valence electrons. The third kappa shape index (κ3) is 6.27. The molecule has 0 unspecified atom stereocenters. The number of piperazine rings is 1. The first-order valence-corrected chi connectivity index (χ1v) is 12.2. The maximum Gasteiger partial charge on any atom is 0.258 e. The van der Waals surface area contributed by atoms with Crippen LogP contribution in [0.1, 0.15) is 15.9 Å². The first kappa shape index (κ1) is 23.6. The van der Waals surface area contributed by atoms with Gasteiger partial charge in [0, 0.05) is 53.2 Å². The second kappa shape index (κ2) is 11.0. The Morgan fingerprint density at radius 3 is 2.30 bits per heavy atom. The highest BCUT2D eigenvalue weighted by Crippen LogP contribution is 2.21. The number of amides is 1. The second-order valence-corrected chi connectivity index (χ2v) is 9.36. The minimum atomic E-state index is -0.234. The van der Waals surface area contributed by atoms with E-state index >= 15 is 0 Å². The fraction of sp³-hybridized carbons (Fsp3) is 0.200. The van der Waals surface area contributed by atoms with Gasteiger partial charge in [0.05, 0.1) is 5.56 Å². The van der Waals surface area contributed by atoms with Crippen LogP contribution in [0.3, 0.4) is 0 Å². The van der Waals surface area contributed by atoms with E-state index in [9.17, 15) is 9.18 Å². The fourth-order valence-electron chi connectivity index (χ4n) is 3.77. The average molecular weight is 574 g/mol. The van der Waals surface area contributed by atoms with Crippen molar-refractivity contribution >= 4 is 57.2 Å². The van der Waals surface area contributed by atoms with Gasteiger partial charge in [0.1, 0.15) is 5.82 Å². The van der Waals surface area contributed by atoms with Gasteiger partial charge in [0.15, 0.2) is 5.11 Å². The summed E-state index contributed by atoms with van der Waals surface area (Å²) in [6, 6.07) is 22.3. The van der Waals surface area contributed by atoms with Gasteiger partial charge < -0.3 is 10.2 Å². The molecule has 2 N–H and O–H groups in total. The van der Waals surface area contributed by atoms with E-state index in [-0.39, 0.29) is 16.8 Å². The van der Waals surface area contributed by atoms with Gasteiger partial charge in [-0.05, 0) is 77.3 Å². The van der Waals surface area contributed by atoms with Gasteiger partial charge in [0.2, 0.25) is 0 Å². The van der Waals surface area contributed by atoms with Crippen molar-refractivity contribution in [3.8, 4) is 0 Å². The Labute approximate surface area is 212 Å². The number of anilines is 2. The van der Waals surface area contributed by atoms with E-state index in [0.29, 0.717) is 12.1 Å². The molecule has 5 nitrogen and oxygen atoms in total. The maximum absolute atomic E-state index is 13.9. The van der Waals surface area contributed by atoms with Crippen molar-refractivity contribution < 1.29 is 9.18 Å². The predicted molar refractivity (Wildman–Crippen MR) is 143 cm³/mol. The first-order valence-electron chi connectivity index (χ1n) is 10.7. The largest absolute Gasteiger partial charge is 0.369 e. The monoisotopic (exact) mass is 574 g/mol. The van der Waals surface area contributed by atoms with Crippen molar-refractivity contribution in [2.24, 2.45) is 0 Å². The minimum Gasteiger partial charge on any atom is -0.369 e. The van der Waals surface area contributed by atoms with Crippen LogP contribution in [0.2, 0.25) is 0 Å². The van der Waals surface area contributed by atoms with E-state index in [2.05, 4.69) is 43.0 Å². The first-order chi connectivity index (χ1) is 16.0. The molecule has 1 amide bonds. The molecule has 3 aromatic rings. The van der Waals surface area contributed by atoms with Crippen molar-refractivity contribution in [2.75, 3.05) is 36.4 Å². The zero-order valence-corrected chi connectivity index (χ0v) is 20.9. The van der Waals surface area contributed by atoms with Gasteiger partial charge in [-0.3, -0.25) is 15.0 Å². The zero-order chi connectivity index (χ0) is 23.2. The maximum atomic E-state index is 13.9. The lowest BCUT2D eigenvalue weighted by Gasteiger charge is -2.36. The Morgan fingerprint density at radius 1 is 0.939 bits per heavy atom. The highest BCUT2D eigenvalue weighted by Gasteiger charge is 2.18. The van der Waals surface area contributed by atoms with Crippen LogP contribution in [0.15, 0.2) is 72.8 Å². The van der Waals surface area contributed by atoms with E-state index in [4.69, 9.17) is 12.2 Å². The number of hydrogen-bond acceptors (Lipinski definition) is 4. The highest BCUT2D eigenvalue weighted by atomic mass is 127. The van der Waals surface area contributed by atoms with Gasteiger partial charge >= 0.3 is 0 Å². The molecule has 3 aromatic carbocycles. The van der Waals surface area contributed by atoms with Crippen LogP contribution in [0, 0.1) is 9.39 Å². The summed E-state index contributed by atoms with van der Waals surface area (Å²) in [4.78, 5) is 17.0. The van der Waals surface area contributed by atoms with E-state index in [1.165, 1.54) is 6.07 Å². The molecule has 1 fully saturated rings. The van der Waals surface area contributed by atoms with Crippen LogP contribution in [-0.2, 0) is 6.54 Å². The second-order valence-electron chi connectivity index (χ2n) is 7.79. The Morgan fingerprint density at radius 2 is 1.61 bits per heavy atom. The number of halogens is 2. The van der Waals surface area contributed by atoms with Gasteiger partial charge in [-0.25, -0.2) is 4.39 Å². The van der Waals surface area contributed by atoms with Crippen LogP contribution in [0.25, 0.3) is 0 Å². The SMILES string of the molecule is O=C(NC(=S)Nc1ccc(N2CCN(Cc3ccccc3F)CC2)cc1)c1ccccc1I. The molecule has 0 radical (unpaired) electrons. The topological polar surface area (TPSA) is 47.6 Å². The lowest BCUT2D eigenvalue weighted by Crippen LogP contribution is -2.46. The van der Waals surface area contributed by atoms with Crippen LogP contribution in [-0.4, -0.2) is 42.1 Å². The van der Waals surface area contributed by atoms with Crippen molar-refractivity contribution in [3.05, 3.63) is 93.3 Å². The van der Waals surface area contributed by atoms with Crippen LogP contribution >= 0.6 is 34.8 Å². The number of rotatable bonds is 5. The molecule has 0 spiro atoms. The Bertz CT molecular complexity index is 1130. The van der Waals surface area contributed by atoms with Crippen molar-refractivity contribution in [1.29, 1.82) is 0 Å². The van der Waals surface area contributed by atoms with E-state index in [1.54, 1.807) is 12.1 Å². The molecular weight excluding hydrogens is 550 g/mol. The third-order valence-corrected chi connectivity index (χ3v) is 6.70. The molecule has 0 aliphatic carbocycles. The van der Waals surface area contributed by atoms with Crippen molar-refractivity contribution in [1.82, 2.24) is 10.2 Å². The summed E-state index contributed by atoms with van der Waals surface area (Å²) < 4.78 is 14.8. The molecule has 0 aromatic heterocycles. The van der Waals surface area contributed by atoms with Gasteiger partial charge in [-0.1, -0.05) is 30.3 Å². The molecule has 0 saturated carbocycles. The third-order valence-electron chi connectivity index (χ3n) is 5.56. The summed E-state index contributed by atoms with van der Waals surface area (Å²) in [5.41, 5.74) is 3.27. The molecule has 1 saturated heterocycles. The van der Waals surface area contributed by atoms with Gasteiger partial charge in [-0.15, -0.1) is 0 Å². The summed E-state index contributed by atoms with van der Waals surface area (Å²) in [5.74, 6) is -0.377. The molecule has 4 rings (SSSR count). The average Bonchev–Trinajstić information content (AvgIpc) is 2.82. The Hall–Kier alpha value is -2.56. The van der Waals surface area contributed by atoms with E-state index < -0.39 is 0 Å². The predicted octanol–water partition coefficient (Wildman–Crippen LogP) is 4.88. The van der Waals surface area contributed by atoms with Crippen LogP contribution in [0.5, 0.6) is 0 Å². The fourth-order valence-corrected chi connectivity index (χ4v) is 4.61. The molecule has 0 bridgehead atoms.